The van der Waals surface area contributed by atoms with Crippen LogP contribution in [0.3, 0.4) is 0 Å². The maximum Gasteiger partial charge on any atom is 0.348 e. The Hall–Kier alpha value is -0.460. The molecule has 1 unspecified atom stereocenters. The topological polar surface area (TPSA) is 116 Å². The fourth-order valence-corrected chi connectivity index (χ4v) is 3.91. The molecule has 0 radical (unpaired) electrons. The highest BCUT2D eigenvalue weighted by molar-refractivity contribution is 7.53. The number of carbonyl (C=O) groups is 1. The number of carboxylic acid groups (broad SMARTS) is 1. The smallest absolute Gasteiger partial charge is 0.348 e. The van der Waals surface area contributed by atoms with Gasteiger partial charge in [-0.3, -0.25) is 9.40 Å². The van der Waals surface area contributed by atoms with Gasteiger partial charge in [0.1, 0.15) is 5.28 Å². The molecule has 0 bridgehead atoms. The zero-order valence-corrected chi connectivity index (χ0v) is 14.5. The minimum atomic E-state index is -4.60. The summed E-state index contributed by atoms with van der Waals surface area (Å²) in [5, 5.41) is 7.41. The lowest BCUT2D eigenvalue weighted by atomic mass is 9.78. The van der Waals surface area contributed by atoms with Crippen molar-refractivity contribution in [2.45, 2.75) is 71.7 Å². The molecule has 4 N–H and O–H groups in total. The van der Waals surface area contributed by atoms with Crippen LogP contribution in [0.25, 0.3) is 0 Å². The molecule has 0 amide bonds. The van der Waals surface area contributed by atoms with Gasteiger partial charge in [-0.1, -0.05) is 34.1 Å². The molecule has 21 heavy (non-hydrogen) atoms. The van der Waals surface area contributed by atoms with Crippen molar-refractivity contribution in [3.8, 4) is 0 Å². The van der Waals surface area contributed by atoms with Crippen molar-refractivity contribution in [2.24, 2.45) is 5.41 Å². The van der Waals surface area contributed by atoms with Gasteiger partial charge in [0.25, 0.3) is 0 Å². The number of carboxylic acids is 1. The SMILES string of the molecule is CCCC(C)(C)C(CC)(NOC(C)(C)C(=O)O)P(=O)(O)O. The van der Waals surface area contributed by atoms with Crippen molar-refractivity contribution < 1.29 is 29.1 Å². The zero-order chi connectivity index (χ0) is 17.1. The Balaban J connectivity index is 5.65. The summed E-state index contributed by atoms with van der Waals surface area (Å²) in [6, 6.07) is 0. The third kappa shape index (κ3) is 4.27. The third-order valence-electron chi connectivity index (χ3n) is 3.99. The van der Waals surface area contributed by atoms with Gasteiger partial charge in [0.2, 0.25) is 0 Å². The van der Waals surface area contributed by atoms with Crippen molar-refractivity contribution in [3.63, 3.8) is 0 Å². The van der Waals surface area contributed by atoms with E-state index in [2.05, 4.69) is 5.48 Å². The molecule has 0 saturated heterocycles. The van der Waals surface area contributed by atoms with E-state index in [0.29, 0.717) is 6.42 Å². The molecule has 0 aromatic carbocycles. The first-order chi connectivity index (χ1) is 9.27. The van der Waals surface area contributed by atoms with Gasteiger partial charge < -0.3 is 14.9 Å². The summed E-state index contributed by atoms with van der Waals surface area (Å²) >= 11 is 0. The maximum absolute atomic E-state index is 12.1. The van der Waals surface area contributed by atoms with Crippen LogP contribution in [0.4, 0.5) is 0 Å². The van der Waals surface area contributed by atoms with E-state index in [4.69, 9.17) is 9.94 Å². The van der Waals surface area contributed by atoms with Crippen LogP contribution in [-0.4, -0.2) is 31.7 Å². The molecule has 0 aromatic rings. The molecule has 0 aliphatic heterocycles. The van der Waals surface area contributed by atoms with Crippen LogP contribution in [0.2, 0.25) is 0 Å². The van der Waals surface area contributed by atoms with Crippen molar-refractivity contribution in [1.82, 2.24) is 5.48 Å². The first kappa shape index (κ1) is 20.5. The fourth-order valence-electron chi connectivity index (χ4n) is 2.44. The normalized spacial score (nSPS) is 16.6. The van der Waals surface area contributed by atoms with Gasteiger partial charge in [-0.15, -0.1) is 0 Å². The van der Waals surface area contributed by atoms with Crippen LogP contribution >= 0.6 is 7.60 Å². The van der Waals surface area contributed by atoms with Gasteiger partial charge in [0, 0.05) is 0 Å². The molecule has 0 aliphatic carbocycles. The van der Waals surface area contributed by atoms with Gasteiger partial charge in [-0.25, -0.2) is 4.79 Å². The largest absolute Gasteiger partial charge is 0.479 e. The first-order valence-corrected chi connectivity index (χ1v) is 8.63. The Morgan fingerprint density at radius 3 is 1.95 bits per heavy atom. The quantitative estimate of drug-likeness (QED) is 0.380. The van der Waals surface area contributed by atoms with E-state index in [1.165, 1.54) is 13.8 Å². The molecule has 0 aliphatic rings. The average Bonchev–Trinajstić information content (AvgIpc) is 2.27. The Labute approximate surface area is 126 Å². The standard InChI is InChI=1S/C13H28NO6P/c1-7-9-11(3,4)13(8-2,21(17,18)19)14-20-12(5,6)10(15)16/h14H,7-9H2,1-6H3,(H,15,16)(H2,17,18,19). The minimum absolute atomic E-state index is 0.0972. The van der Waals surface area contributed by atoms with Crippen molar-refractivity contribution in [1.29, 1.82) is 0 Å². The second-order valence-corrected chi connectivity index (χ2v) is 8.26. The number of hydrogen-bond acceptors (Lipinski definition) is 4. The summed E-state index contributed by atoms with van der Waals surface area (Å²) in [4.78, 5) is 36.0. The first-order valence-electron chi connectivity index (χ1n) is 7.01. The molecule has 0 heterocycles. The number of hydroxylamine groups is 1. The molecule has 1 atom stereocenters. The van der Waals surface area contributed by atoms with Gasteiger partial charge in [-0.05, 0) is 32.1 Å². The fraction of sp³-hybridized carbons (Fsp3) is 0.923. The van der Waals surface area contributed by atoms with Crippen LogP contribution in [-0.2, 0) is 14.2 Å². The maximum atomic E-state index is 12.1. The summed E-state index contributed by atoms with van der Waals surface area (Å²) in [6.07, 6.45) is 1.38. The minimum Gasteiger partial charge on any atom is -0.479 e. The number of aliphatic carboxylic acids is 1. The van der Waals surface area contributed by atoms with E-state index in [9.17, 15) is 19.1 Å². The molecule has 7 nitrogen and oxygen atoms in total. The van der Waals surface area contributed by atoms with Gasteiger partial charge >= 0.3 is 13.6 Å². The van der Waals surface area contributed by atoms with E-state index < -0.39 is 29.9 Å². The van der Waals surface area contributed by atoms with Crippen molar-refractivity contribution >= 4 is 13.6 Å². The summed E-state index contributed by atoms with van der Waals surface area (Å²) in [6.45, 7) is 9.67. The Morgan fingerprint density at radius 1 is 1.19 bits per heavy atom. The molecule has 0 spiro atoms. The summed E-state index contributed by atoms with van der Waals surface area (Å²) in [5.74, 6) is -1.22. The van der Waals surface area contributed by atoms with Crippen LogP contribution in [0.15, 0.2) is 0 Å². The van der Waals surface area contributed by atoms with Crippen molar-refractivity contribution in [2.75, 3.05) is 0 Å². The third-order valence-corrected chi connectivity index (χ3v) is 6.00. The Kier molecular flexibility index (Phi) is 6.60. The van der Waals surface area contributed by atoms with Gasteiger partial charge in [0.05, 0.1) is 0 Å². The monoisotopic (exact) mass is 325 g/mol. The zero-order valence-electron chi connectivity index (χ0n) is 13.6. The predicted octanol–water partition coefficient (Wildman–Crippen LogP) is 2.48. The summed E-state index contributed by atoms with van der Waals surface area (Å²) < 4.78 is 12.1. The van der Waals surface area contributed by atoms with Crippen LogP contribution < -0.4 is 5.48 Å². The summed E-state index contributed by atoms with van der Waals surface area (Å²) in [7, 11) is -4.60. The molecule has 0 rings (SSSR count). The predicted molar refractivity (Wildman–Crippen MR) is 79.7 cm³/mol. The molecule has 126 valence electrons. The van der Waals surface area contributed by atoms with Crippen LogP contribution in [0, 0.1) is 5.41 Å². The molecule has 0 fully saturated rings. The Morgan fingerprint density at radius 2 is 1.67 bits per heavy atom. The molecule has 0 aromatic heterocycles. The lowest BCUT2D eigenvalue weighted by Crippen LogP contribution is -2.58. The van der Waals surface area contributed by atoms with E-state index >= 15 is 0 Å². The van der Waals surface area contributed by atoms with Crippen LogP contribution in [0.1, 0.15) is 60.8 Å². The second kappa shape index (κ2) is 6.75. The van der Waals surface area contributed by atoms with E-state index in [1.54, 1.807) is 20.8 Å². The number of rotatable bonds is 9. The van der Waals surface area contributed by atoms with Crippen molar-refractivity contribution in [3.05, 3.63) is 0 Å². The highest BCUT2D eigenvalue weighted by atomic mass is 31.2. The van der Waals surface area contributed by atoms with E-state index in [-0.39, 0.29) is 6.42 Å². The lowest BCUT2D eigenvalue weighted by molar-refractivity contribution is -0.181. The second-order valence-electron chi connectivity index (χ2n) is 6.41. The van der Waals surface area contributed by atoms with Crippen LogP contribution in [0.5, 0.6) is 0 Å². The summed E-state index contributed by atoms with van der Waals surface area (Å²) in [5.41, 5.74) is 0.0387. The highest BCUT2D eigenvalue weighted by Gasteiger charge is 2.57. The lowest BCUT2D eigenvalue weighted by Gasteiger charge is -2.47. The number of hydrogen-bond donors (Lipinski definition) is 4. The molecule has 0 saturated carbocycles. The number of nitrogens with one attached hydrogen (secondary N) is 1. The van der Waals surface area contributed by atoms with E-state index in [1.807, 2.05) is 6.92 Å². The van der Waals surface area contributed by atoms with Gasteiger partial charge in [-0.2, -0.15) is 5.48 Å². The molecular weight excluding hydrogens is 297 g/mol. The molecule has 8 heteroatoms. The highest BCUT2D eigenvalue weighted by Crippen LogP contribution is 2.60. The average molecular weight is 325 g/mol. The van der Waals surface area contributed by atoms with E-state index in [0.717, 1.165) is 6.42 Å². The molecular formula is C13H28NO6P. The van der Waals surface area contributed by atoms with Gasteiger partial charge in [0.15, 0.2) is 5.60 Å². The Bertz CT molecular complexity index is 417.